The van der Waals surface area contributed by atoms with Gasteiger partial charge < -0.3 is 21.1 Å². The quantitative estimate of drug-likeness (QED) is 0.470. The van der Waals surface area contributed by atoms with Crippen molar-refractivity contribution >= 4 is 56.1 Å². The van der Waals surface area contributed by atoms with Crippen LogP contribution in [-0.4, -0.2) is 32.6 Å². The number of aromatic nitrogens is 2. The summed E-state index contributed by atoms with van der Waals surface area (Å²) < 4.78 is 1.08. The molecule has 6 nitrogen and oxygen atoms in total. The summed E-state index contributed by atoms with van der Waals surface area (Å²) in [5.74, 6) is 0.0768. The molecule has 0 fully saturated rings. The van der Waals surface area contributed by atoms with E-state index in [2.05, 4.69) is 37.9 Å². The summed E-state index contributed by atoms with van der Waals surface area (Å²) in [6.45, 7) is 5.35. The van der Waals surface area contributed by atoms with Crippen LogP contribution in [0.3, 0.4) is 0 Å². The van der Waals surface area contributed by atoms with Crippen molar-refractivity contribution < 1.29 is 9.90 Å². The van der Waals surface area contributed by atoms with Crippen molar-refractivity contribution in [1.29, 1.82) is 0 Å². The molecule has 0 radical (unpaired) electrons. The summed E-state index contributed by atoms with van der Waals surface area (Å²) in [6, 6.07) is 5.75. The lowest BCUT2D eigenvalue weighted by molar-refractivity contribution is 0.0648. The second-order valence-electron chi connectivity index (χ2n) is 6.47. The molecule has 0 aliphatic heterocycles. The van der Waals surface area contributed by atoms with Crippen molar-refractivity contribution in [3.63, 3.8) is 0 Å². The van der Waals surface area contributed by atoms with Crippen LogP contribution in [0.1, 0.15) is 31.1 Å². The van der Waals surface area contributed by atoms with E-state index >= 15 is 0 Å². The molecule has 1 amide bonds. The molecule has 1 unspecified atom stereocenters. The topological polar surface area (TPSA) is 104 Å². The number of hydrogen-bond donors (Lipinski definition) is 4. The second-order valence-corrected chi connectivity index (χ2v) is 7.71. The summed E-state index contributed by atoms with van der Waals surface area (Å²) in [4.78, 5) is 19.4. The molecule has 5 N–H and O–H groups in total. The van der Waals surface area contributed by atoms with Gasteiger partial charge in [-0.15, -0.1) is 0 Å². The third-order valence-electron chi connectivity index (χ3n) is 4.27. The highest BCUT2D eigenvalue weighted by molar-refractivity contribution is 14.1. The van der Waals surface area contributed by atoms with E-state index in [1.165, 1.54) is 6.20 Å². The smallest absolute Gasteiger partial charge is 0.252 e. The molecular formula is C17H19IN4O2. The lowest BCUT2D eigenvalue weighted by atomic mass is 10.0. The number of primary amides is 1. The van der Waals surface area contributed by atoms with Crippen LogP contribution in [0, 0.1) is 3.57 Å². The van der Waals surface area contributed by atoms with E-state index in [4.69, 9.17) is 5.73 Å². The first kappa shape index (κ1) is 17.0. The lowest BCUT2D eigenvalue weighted by Gasteiger charge is -2.27. The molecule has 0 aliphatic carbocycles. The van der Waals surface area contributed by atoms with E-state index in [-0.39, 0.29) is 6.04 Å². The summed E-state index contributed by atoms with van der Waals surface area (Å²) in [6.07, 6.45) is 1.46. The molecule has 3 rings (SSSR count). The largest absolute Gasteiger partial charge is 0.388 e. The van der Waals surface area contributed by atoms with E-state index in [9.17, 15) is 9.90 Å². The Morgan fingerprint density at radius 1 is 1.46 bits per heavy atom. The summed E-state index contributed by atoms with van der Waals surface area (Å²) >= 11 is 2.24. The predicted octanol–water partition coefficient (Wildman–Crippen LogP) is 2.99. The Kier molecular flexibility index (Phi) is 4.16. The summed E-state index contributed by atoms with van der Waals surface area (Å²) in [5.41, 5.74) is 6.48. The fraction of sp³-hybridized carbons (Fsp3) is 0.294. The van der Waals surface area contributed by atoms with Crippen LogP contribution >= 0.6 is 22.6 Å². The number of amides is 1. The number of pyridine rings is 1. The van der Waals surface area contributed by atoms with E-state index in [1.54, 1.807) is 13.8 Å². The SMILES string of the molecule is CC(Nc1ncc(C(N)=O)c2[nH]c3cc(I)ccc3c12)C(C)(C)O. The van der Waals surface area contributed by atoms with Gasteiger partial charge in [-0.3, -0.25) is 4.79 Å². The molecule has 24 heavy (non-hydrogen) atoms. The third-order valence-corrected chi connectivity index (χ3v) is 4.94. The van der Waals surface area contributed by atoms with Gasteiger partial charge in [0.25, 0.3) is 5.91 Å². The Labute approximate surface area is 153 Å². The highest BCUT2D eigenvalue weighted by Gasteiger charge is 2.24. The maximum atomic E-state index is 11.8. The first-order valence-corrected chi connectivity index (χ1v) is 8.65. The number of hydrogen-bond acceptors (Lipinski definition) is 4. The Hall–Kier alpha value is -1.87. The van der Waals surface area contributed by atoms with E-state index in [1.807, 2.05) is 25.1 Å². The molecule has 0 saturated carbocycles. The van der Waals surface area contributed by atoms with Gasteiger partial charge in [0.15, 0.2) is 0 Å². The van der Waals surface area contributed by atoms with E-state index in [0.717, 1.165) is 19.9 Å². The van der Waals surface area contributed by atoms with Crippen LogP contribution in [0.4, 0.5) is 5.82 Å². The monoisotopic (exact) mass is 438 g/mol. The molecule has 7 heteroatoms. The van der Waals surface area contributed by atoms with Gasteiger partial charge in [-0.2, -0.15) is 0 Å². The van der Waals surface area contributed by atoms with Crippen LogP contribution < -0.4 is 11.1 Å². The maximum absolute atomic E-state index is 11.8. The van der Waals surface area contributed by atoms with Gasteiger partial charge >= 0.3 is 0 Å². The summed E-state index contributed by atoms with van der Waals surface area (Å²) in [5, 5.41) is 15.2. The van der Waals surface area contributed by atoms with Crippen molar-refractivity contribution in [1.82, 2.24) is 9.97 Å². The van der Waals surface area contributed by atoms with Crippen LogP contribution in [0.25, 0.3) is 21.8 Å². The Morgan fingerprint density at radius 3 is 2.79 bits per heavy atom. The highest BCUT2D eigenvalue weighted by atomic mass is 127. The third kappa shape index (κ3) is 2.93. The molecule has 1 aromatic carbocycles. The first-order valence-electron chi connectivity index (χ1n) is 7.57. The van der Waals surface area contributed by atoms with Crippen LogP contribution in [0.2, 0.25) is 0 Å². The number of carbonyl (C=O) groups excluding carboxylic acids is 1. The standard InChI is InChI=1S/C17H19IN4O2/c1-8(17(2,3)24)21-16-13-10-5-4-9(18)6-12(10)22-14(13)11(7-20-16)15(19)23/h4-8,22,24H,1-3H3,(H2,19,23)(H,20,21). The normalized spacial score (nSPS) is 13.4. The number of aliphatic hydroxyl groups is 1. The Morgan fingerprint density at radius 2 is 2.17 bits per heavy atom. The number of nitrogens with zero attached hydrogens (tertiary/aromatic N) is 1. The molecule has 1 atom stereocenters. The van der Waals surface area contributed by atoms with E-state index in [0.29, 0.717) is 16.9 Å². The Balaban J connectivity index is 2.29. The number of rotatable bonds is 4. The minimum Gasteiger partial charge on any atom is -0.388 e. The van der Waals surface area contributed by atoms with Gasteiger partial charge in [0, 0.05) is 20.7 Å². The molecule has 2 aromatic heterocycles. The molecule has 0 bridgehead atoms. The number of H-pyrrole nitrogens is 1. The molecule has 0 saturated heterocycles. The number of fused-ring (bicyclic) bond motifs is 3. The zero-order chi connectivity index (χ0) is 17.6. The maximum Gasteiger partial charge on any atom is 0.252 e. The van der Waals surface area contributed by atoms with Crippen molar-refractivity contribution in [2.24, 2.45) is 5.73 Å². The average Bonchev–Trinajstić information content (AvgIpc) is 2.84. The van der Waals surface area contributed by atoms with E-state index < -0.39 is 11.5 Å². The number of halogens is 1. The molecule has 2 heterocycles. The van der Waals surface area contributed by atoms with Gasteiger partial charge in [0.05, 0.1) is 28.1 Å². The van der Waals surface area contributed by atoms with Crippen molar-refractivity contribution in [3.05, 3.63) is 33.5 Å². The fourth-order valence-electron chi connectivity index (χ4n) is 2.55. The highest BCUT2D eigenvalue weighted by Crippen LogP contribution is 2.33. The minimum absolute atomic E-state index is 0.235. The second kappa shape index (κ2) is 5.89. The number of benzene rings is 1. The van der Waals surface area contributed by atoms with Crippen LogP contribution in [0.5, 0.6) is 0 Å². The number of nitrogens with one attached hydrogen (secondary N) is 2. The van der Waals surface area contributed by atoms with Crippen molar-refractivity contribution in [2.45, 2.75) is 32.4 Å². The van der Waals surface area contributed by atoms with Gasteiger partial charge in [-0.1, -0.05) is 6.07 Å². The molecule has 0 spiro atoms. The van der Waals surface area contributed by atoms with Gasteiger partial charge in [0.2, 0.25) is 0 Å². The predicted molar refractivity (Wildman–Crippen MR) is 104 cm³/mol. The number of aromatic amines is 1. The fourth-order valence-corrected chi connectivity index (χ4v) is 3.05. The zero-order valence-electron chi connectivity index (χ0n) is 13.6. The van der Waals surface area contributed by atoms with Crippen molar-refractivity contribution in [2.75, 3.05) is 5.32 Å². The zero-order valence-corrected chi connectivity index (χ0v) is 15.8. The van der Waals surface area contributed by atoms with Gasteiger partial charge in [0.1, 0.15) is 5.82 Å². The number of nitrogens with two attached hydrogens (primary N) is 1. The van der Waals surface area contributed by atoms with Crippen molar-refractivity contribution in [3.8, 4) is 0 Å². The van der Waals surface area contributed by atoms with Crippen LogP contribution in [0.15, 0.2) is 24.4 Å². The van der Waals surface area contributed by atoms with Gasteiger partial charge in [-0.25, -0.2) is 4.98 Å². The molecule has 126 valence electrons. The van der Waals surface area contributed by atoms with Crippen LogP contribution in [-0.2, 0) is 0 Å². The Bertz CT molecular complexity index is 943. The lowest BCUT2D eigenvalue weighted by Crippen LogP contribution is -2.39. The molecule has 0 aliphatic rings. The number of carbonyl (C=O) groups is 1. The molecule has 3 aromatic rings. The first-order chi connectivity index (χ1) is 11.2. The minimum atomic E-state index is -0.919. The van der Waals surface area contributed by atoms with Gasteiger partial charge in [-0.05, 0) is 55.5 Å². The summed E-state index contributed by atoms with van der Waals surface area (Å²) in [7, 11) is 0. The average molecular weight is 438 g/mol. The number of anilines is 1. The molecular weight excluding hydrogens is 419 g/mol.